The third-order valence-corrected chi connectivity index (χ3v) is 8.56. The number of methoxy groups -OCH3 is 1. The molecular formula is C32H41N3O5S. The minimum absolute atomic E-state index is 0.0607. The summed E-state index contributed by atoms with van der Waals surface area (Å²) in [5, 5.41) is 2.94. The van der Waals surface area contributed by atoms with E-state index < -0.39 is 28.5 Å². The fourth-order valence-corrected chi connectivity index (χ4v) is 5.77. The van der Waals surface area contributed by atoms with Crippen molar-refractivity contribution in [2.45, 2.75) is 58.5 Å². The van der Waals surface area contributed by atoms with Gasteiger partial charge in [-0.15, -0.1) is 0 Å². The highest BCUT2D eigenvalue weighted by Gasteiger charge is 2.33. The van der Waals surface area contributed by atoms with Gasteiger partial charge < -0.3 is 15.0 Å². The molecule has 8 nitrogen and oxygen atoms in total. The molecule has 220 valence electrons. The molecule has 1 N–H and O–H groups in total. The van der Waals surface area contributed by atoms with Gasteiger partial charge in [0.05, 0.1) is 17.7 Å². The molecule has 0 aliphatic rings. The minimum Gasteiger partial charge on any atom is -0.497 e. The molecule has 0 bridgehead atoms. The summed E-state index contributed by atoms with van der Waals surface area (Å²) in [6, 6.07) is 20.0. The number of nitrogens with zero attached hydrogens (tertiary/aromatic N) is 2. The Morgan fingerprint density at radius 3 is 2.10 bits per heavy atom. The first-order valence-electron chi connectivity index (χ1n) is 13.8. The first-order valence-corrected chi connectivity index (χ1v) is 15.3. The summed E-state index contributed by atoms with van der Waals surface area (Å²) in [6.07, 6.45) is 0.366. The number of hydrogen-bond acceptors (Lipinski definition) is 5. The molecule has 41 heavy (non-hydrogen) atoms. The number of nitrogens with one attached hydrogen (secondary N) is 1. The van der Waals surface area contributed by atoms with Crippen molar-refractivity contribution in [2.75, 3.05) is 24.5 Å². The molecule has 0 aromatic heterocycles. The van der Waals surface area contributed by atoms with Crippen molar-refractivity contribution in [1.82, 2.24) is 10.2 Å². The molecule has 0 radical (unpaired) electrons. The highest BCUT2D eigenvalue weighted by atomic mass is 32.2. The quantitative estimate of drug-likeness (QED) is 0.305. The number of anilines is 1. The number of hydrogen-bond donors (Lipinski definition) is 1. The van der Waals surface area contributed by atoms with Gasteiger partial charge in [-0.3, -0.25) is 13.9 Å². The lowest BCUT2D eigenvalue weighted by atomic mass is 10.1. The Labute approximate surface area is 244 Å². The maximum atomic E-state index is 14.1. The van der Waals surface area contributed by atoms with Gasteiger partial charge in [-0.05, 0) is 56.0 Å². The van der Waals surface area contributed by atoms with Gasteiger partial charge in [0.25, 0.3) is 10.0 Å². The van der Waals surface area contributed by atoms with Gasteiger partial charge in [0, 0.05) is 19.2 Å². The Morgan fingerprint density at radius 2 is 1.54 bits per heavy atom. The van der Waals surface area contributed by atoms with Gasteiger partial charge in [0.15, 0.2) is 0 Å². The smallest absolute Gasteiger partial charge is 0.264 e. The molecule has 0 aliphatic heterocycles. The summed E-state index contributed by atoms with van der Waals surface area (Å²) in [4.78, 5) is 29.0. The number of rotatable bonds is 13. The van der Waals surface area contributed by atoms with Crippen LogP contribution in [0.4, 0.5) is 5.69 Å². The largest absolute Gasteiger partial charge is 0.497 e. The van der Waals surface area contributed by atoms with E-state index in [9.17, 15) is 18.0 Å². The molecule has 2 amide bonds. The van der Waals surface area contributed by atoms with Crippen LogP contribution in [-0.4, -0.2) is 51.4 Å². The Kier molecular flexibility index (Phi) is 10.9. The van der Waals surface area contributed by atoms with Gasteiger partial charge in [0.1, 0.15) is 18.3 Å². The van der Waals surface area contributed by atoms with E-state index in [4.69, 9.17) is 4.74 Å². The zero-order valence-corrected chi connectivity index (χ0v) is 25.6. The third-order valence-electron chi connectivity index (χ3n) is 6.77. The molecular weight excluding hydrogens is 538 g/mol. The first-order chi connectivity index (χ1) is 19.5. The zero-order chi connectivity index (χ0) is 30.2. The Bertz CT molecular complexity index is 1420. The second kappa shape index (κ2) is 14.2. The third kappa shape index (κ3) is 8.33. The van der Waals surface area contributed by atoms with Crippen LogP contribution in [0.5, 0.6) is 5.75 Å². The van der Waals surface area contributed by atoms with E-state index in [1.165, 1.54) is 24.1 Å². The summed E-state index contributed by atoms with van der Waals surface area (Å²) < 4.78 is 34.4. The van der Waals surface area contributed by atoms with E-state index in [1.54, 1.807) is 36.4 Å². The van der Waals surface area contributed by atoms with Crippen molar-refractivity contribution < 1.29 is 22.7 Å². The lowest BCUT2D eigenvalue weighted by Crippen LogP contribution is -2.52. The summed E-state index contributed by atoms with van der Waals surface area (Å²) in [5.74, 6) is -0.0670. The first kappa shape index (κ1) is 31.7. The molecule has 0 aliphatic carbocycles. The number of amides is 2. The number of carbonyl (C=O) groups is 2. The number of benzene rings is 3. The van der Waals surface area contributed by atoms with E-state index in [0.29, 0.717) is 18.7 Å². The van der Waals surface area contributed by atoms with Crippen LogP contribution in [0.2, 0.25) is 0 Å². The van der Waals surface area contributed by atoms with Crippen molar-refractivity contribution in [3.8, 4) is 5.75 Å². The second-order valence-electron chi connectivity index (χ2n) is 10.6. The standard InChI is InChI=1S/C32H41N3O5S/c1-7-30(32(37)33-20-23(2)3)34(21-26-15-11-24(4)12-16-26)31(36)22-35(27-9-8-10-28(19-27)40-6)41(38,39)29-17-13-25(5)14-18-29/h8-19,23,30H,7,20-22H2,1-6H3,(H,33,37)/t30-/m0/s1. The molecule has 0 saturated heterocycles. The zero-order valence-electron chi connectivity index (χ0n) is 24.8. The highest BCUT2D eigenvalue weighted by molar-refractivity contribution is 7.92. The Hall–Kier alpha value is -3.85. The fraction of sp³-hybridized carbons (Fsp3) is 0.375. The van der Waals surface area contributed by atoms with Crippen LogP contribution in [0.15, 0.2) is 77.7 Å². The molecule has 1 atom stereocenters. The molecule has 0 heterocycles. The van der Waals surface area contributed by atoms with Crippen molar-refractivity contribution in [2.24, 2.45) is 5.92 Å². The lowest BCUT2D eigenvalue weighted by Gasteiger charge is -2.33. The summed E-state index contributed by atoms with van der Waals surface area (Å²) >= 11 is 0. The van der Waals surface area contributed by atoms with Crippen LogP contribution in [0.3, 0.4) is 0 Å². The van der Waals surface area contributed by atoms with Gasteiger partial charge in [-0.2, -0.15) is 0 Å². The van der Waals surface area contributed by atoms with E-state index in [0.717, 1.165) is 21.0 Å². The van der Waals surface area contributed by atoms with Gasteiger partial charge in [-0.1, -0.05) is 74.4 Å². The average molecular weight is 580 g/mol. The number of ether oxygens (including phenoxy) is 1. The number of aryl methyl sites for hydroxylation is 2. The maximum Gasteiger partial charge on any atom is 0.264 e. The molecule has 9 heteroatoms. The van der Waals surface area contributed by atoms with Crippen LogP contribution in [0, 0.1) is 19.8 Å². The molecule has 3 rings (SSSR count). The molecule has 3 aromatic carbocycles. The van der Waals surface area contributed by atoms with Crippen molar-refractivity contribution in [3.63, 3.8) is 0 Å². The van der Waals surface area contributed by atoms with E-state index in [-0.39, 0.29) is 29.0 Å². The van der Waals surface area contributed by atoms with E-state index in [1.807, 2.05) is 58.9 Å². The molecule has 3 aromatic rings. The molecule has 0 unspecified atom stereocenters. The lowest BCUT2D eigenvalue weighted by molar-refractivity contribution is -0.140. The number of sulfonamides is 1. The van der Waals surface area contributed by atoms with Gasteiger partial charge >= 0.3 is 0 Å². The van der Waals surface area contributed by atoms with Crippen molar-refractivity contribution in [3.05, 3.63) is 89.5 Å². The van der Waals surface area contributed by atoms with E-state index >= 15 is 0 Å². The second-order valence-corrected chi connectivity index (χ2v) is 12.5. The summed E-state index contributed by atoms with van der Waals surface area (Å²) in [5.41, 5.74) is 3.11. The number of carbonyl (C=O) groups excluding carboxylic acids is 2. The van der Waals surface area contributed by atoms with Gasteiger partial charge in [0.2, 0.25) is 11.8 Å². The summed E-state index contributed by atoms with van der Waals surface area (Å²) in [7, 11) is -2.65. The normalized spacial score (nSPS) is 12.1. The van der Waals surface area contributed by atoms with Crippen molar-refractivity contribution >= 4 is 27.5 Å². The predicted octanol–water partition coefficient (Wildman–Crippen LogP) is 5.09. The minimum atomic E-state index is -4.15. The average Bonchev–Trinajstić information content (AvgIpc) is 2.95. The molecule has 0 fully saturated rings. The van der Waals surface area contributed by atoms with Crippen LogP contribution >= 0.6 is 0 Å². The predicted molar refractivity (Wildman–Crippen MR) is 162 cm³/mol. The topological polar surface area (TPSA) is 96.0 Å². The Morgan fingerprint density at radius 1 is 0.927 bits per heavy atom. The highest BCUT2D eigenvalue weighted by Crippen LogP contribution is 2.28. The Balaban J connectivity index is 2.06. The SMILES string of the molecule is CC[C@@H](C(=O)NCC(C)C)N(Cc1ccc(C)cc1)C(=O)CN(c1cccc(OC)c1)S(=O)(=O)c1ccc(C)cc1. The van der Waals surface area contributed by atoms with Crippen LogP contribution in [0.25, 0.3) is 0 Å². The van der Waals surface area contributed by atoms with Crippen molar-refractivity contribution in [1.29, 1.82) is 0 Å². The van der Waals surface area contributed by atoms with Gasteiger partial charge in [-0.25, -0.2) is 8.42 Å². The van der Waals surface area contributed by atoms with Crippen LogP contribution < -0.4 is 14.4 Å². The molecule has 0 saturated carbocycles. The monoisotopic (exact) mass is 579 g/mol. The summed E-state index contributed by atoms with van der Waals surface area (Å²) in [6.45, 7) is 9.82. The maximum absolute atomic E-state index is 14.1. The van der Waals surface area contributed by atoms with Crippen LogP contribution in [0.1, 0.15) is 43.9 Å². The fourth-order valence-electron chi connectivity index (χ4n) is 4.36. The van der Waals surface area contributed by atoms with Crippen LogP contribution in [-0.2, 0) is 26.2 Å². The van der Waals surface area contributed by atoms with E-state index in [2.05, 4.69) is 5.32 Å². The molecule has 0 spiro atoms.